The molecule has 21 heavy (non-hydrogen) atoms. The third kappa shape index (κ3) is 3.36. The van der Waals surface area contributed by atoms with Gasteiger partial charge in [-0.2, -0.15) is 10.1 Å². The topological polar surface area (TPSA) is 92.8 Å². The van der Waals surface area contributed by atoms with E-state index in [0.717, 1.165) is 17.0 Å². The van der Waals surface area contributed by atoms with Crippen LogP contribution in [0.1, 0.15) is 35.6 Å². The quantitative estimate of drug-likeness (QED) is 0.864. The highest BCUT2D eigenvalue weighted by Crippen LogP contribution is 2.21. The number of nitrogens with one attached hydrogen (secondary N) is 2. The highest BCUT2D eigenvalue weighted by molar-refractivity contribution is 5.83. The SMILES string of the molecule is COc1ccnc(CNC(=O)C(C)c2c(C)n[nH]c2C)n1. The molecular formula is C14H19N5O2. The lowest BCUT2D eigenvalue weighted by atomic mass is 9.98. The first-order valence-electron chi connectivity index (χ1n) is 6.68. The van der Waals surface area contributed by atoms with Crippen LogP contribution in [0.25, 0.3) is 0 Å². The number of carbonyl (C=O) groups excluding carboxylic acids is 1. The molecule has 1 atom stereocenters. The number of aromatic nitrogens is 4. The first-order chi connectivity index (χ1) is 10.0. The van der Waals surface area contributed by atoms with E-state index in [0.29, 0.717) is 11.7 Å². The Kier molecular flexibility index (Phi) is 4.52. The minimum atomic E-state index is -0.283. The summed E-state index contributed by atoms with van der Waals surface area (Å²) in [4.78, 5) is 20.5. The number of hydrogen-bond acceptors (Lipinski definition) is 5. The van der Waals surface area contributed by atoms with E-state index in [1.54, 1.807) is 12.3 Å². The van der Waals surface area contributed by atoms with Crippen molar-refractivity contribution in [2.24, 2.45) is 0 Å². The first-order valence-corrected chi connectivity index (χ1v) is 6.68. The average molecular weight is 289 g/mol. The summed E-state index contributed by atoms with van der Waals surface area (Å²) in [7, 11) is 1.54. The normalized spacial score (nSPS) is 12.0. The number of ether oxygens (including phenoxy) is 1. The lowest BCUT2D eigenvalue weighted by Gasteiger charge is -2.12. The van der Waals surface area contributed by atoms with E-state index in [9.17, 15) is 4.79 Å². The maximum atomic E-state index is 12.2. The van der Waals surface area contributed by atoms with Crippen molar-refractivity contribution in [3.05, 3.63) is 35.0 Å². The molecule has 0 fully saturated rings. The molecular weight excluding hydrogens is 270 g/mol. The van der Waals surface area contributed by atoms with Crippen molar-refractivity contribution in [2.45, 2.75) is 33.2 Å². The van der Waals surface area contributed by atoms with Crippen molar-refractivity contribution in [3.8, 4) is 5.88 Å². The number of methoxy groups -OCH3 is 1. The molecule has 2 N–H and O–H groups in total. The van der Waals surface area contributed by atoms with Gasteiger partial charge in [0.1, 0.15) is 0 Å². The van der Waals surface area contributed by atoms with Crippen LogP contribution in [-0.4, -0.2) is 33.2 Å². The molecule has 0 spiro atoms. The van der Waals surface area contributed by atoms with E-state index in [4.69, 9.17) is 4.74 Å². The standard InChI is InChI=1S/C14H19N5O2/c1-8(13-9(2)18-19-10(13)3)14(20)16-7-11-15-6-5-12(17-11)21-4/h5-6,8H,7H2,1-4H3,(H,16,20)(H,18,19). The number of carbonyl (C=O) groups is 1. The molecule has 0 radical (unpaired) electrons. The monoisotopic (exact) mass is 289 g/mol. The molecule has 7 nitrogen and oxygen atoms in total. The summed E-state index contributed by atoms with van der Waals surface area (Å²) >= 11 is 0. The van der Waals surface area contributed by atoms with Gasteiger partial charge in [0.15, 0.2) is 5.82 Å². The number of nitrogens with zero attached hydrogens (tertiary/aromatic N) is 3. The Morgan fingerprint density at radius 3 is 2.86 bits per heavy atom. The number of rotatable bonds is 5. The Morgan fingerprint density at radius 2 is 2.24 bits per heavy atom. The van der Waals surface area contributed by atoms with Crippen LogP contribution < -0.4 is 10.1 Å². The van der Waals surface area contributed by atoms with Gasteiger partial charge in [-0.15, -0.1) is 0 Å². The van der Waals surface area contributed by atoms with Crippen LogP contribution in [0.2, 0.25) is 0 Å². The molecule has 0 saturated heterocycles. The van der Waals surface area contributed by atoms with E-state index < -0.39 is 0 Å². The molecule has 2 rings (SSSR count). The summed E-state index contributed by atoms with van der Waals surface area (Å²) in [5.74, 6) is 0.614. The molecule has 0 aromatic carbocycles. The Morgan fingerprint density at radius 1 is 1.48 bits per heavy atom. The molecule has 0 aliphatic heterocycles. The third-order valence-electron chi connectivity index (χ3n) is 3.32. The van der Waals surface area contributed by atoms with Crippen LogP contribution in [-0.2, 0) is 11.3 Å². The second-order valence-corrected chi connectivity index (χ2v) is 4.80. The minimum absolute atomic E-state index is 0.0889. The maximum absolute atomic E-state index is 12.2. The molecule has 2 aromatic rings. The van der Waals surface area contributed by atoms with Gasteiger partial charge in [-0.25, -0.2) is 4.98 Å². The van der Waals surface area contributed by atoms with Gasteiger partial charge in [0.25, 0.3) is 0 Å². The van der Waals surface area contributed by atoms with Crippen molar-refractivity contribution in [1.29, 1.82) is 0 Å². The van der Waals surface area contributed by atoms with Gasteiger partial charge in [0, 0.05) is 23.5 Å². The zero-order valence-corrected chi connectivity index (χ0v) is 12.6. The number of aryl methyl sites for hydroxylation is 2. The smallest absolute Gasteiger partial charge is 0.227 e. The van der Waals surface area contributed by atoms with Gasteiger partial charge >= 0.3 is 0 Å². The number of aromatic amines is 1. The van der Waals surface area contributed by atoms with Gasteiger partial charge in [-0.1, -0.05) is 0 Å². The van der Waals surface area contributed by atoms with Crippen LogP contribution in [0.3, 0.4) is 0 Å². The minimum Gasteiger partial charge on any atom is -0.481 e. The molecule has 2 aromatic heterocycles. The van der Waals surface area contributed by atoms with Crippen LogP contribution in [0.15, 0.2) is 12.3 Å². The zero-order chi connectivity index (χ0) is 15.4. The predicted molar refractivity (Wildman–Crippen MR) is 76.9 cm³/mol. The predicted octanol–water partition coefficient (Wildman–Crippen LogP) is 1.25. The van der Waals surface area contributed by atoms with Crippen LogP contribution in [0.5, 0.6) is 5.88 Å². The maximum Gasteiger partial charge on any atom is 0.227 e. The molecule has 0 aliphatic carbocycles. The molecule has 1 unspecified atom stereocenters. The Labute approximate surface area is 123 Å². The highest BCUT2D eigenvalue weighted by Gasteiger charge is 2.21. The Bertz CT molecular complexity index is 619. The number of H-pyrrole nitrogens is 1. The lowest BCUT2D eigenvalue weighted by molar-refractivity contribution is -0.122. The van der Waals surface area contributed by atoms with Crippen molar-refractivity contribution in [1.82, 2.24) is 25.5 Å². The zero-order valence-electron chi connectivity index (χ0n) is 12.6. The van der Waals surface area contributed by atoms with Crippen molar-refractivity contribution in [3.63, 3.8) is 0 Å². The largest absolute Gasteiger partial charge is 0.481 e. The summed E-state index contributed by atoms with van der Waals surface area (Å²) < 4.78 is 5.02. The fraction of sp³-hybridized carbons (Fsp3) is 0.429. The van der Waals surface area contributed by atoms with E-state index >= 15 is 0 Å². The molecule has 2 heterocycles. The fourth-order valence-corrected chi connectivity index (χ4v) is 2.23. The summed E-state index contributed by atoms with van der Waals surface area (Å²) in [5.41, 5.74) is 2.68. The van der Waals surface area contributed by atoms with Crippen molar-refractivity contribution >= 4 is 5.91 Å². The van der Waals surface area contributed by atoms with Crippen LogP contribution >= 0.6 is 0 Å². The lowest BCUT2D eigenvalue weighted by Crippen LogP contribution is -2.28. The van der Waals surface area contributed by atoms with E-state index in [2.05, 4.69) is 25.5 Å². The second kappa shape index (κ2) is 6.34. The van der Waals surface area contributed by atoms with Gasteiger partial charge in [0.05, 0.1) is 25.3 Å². The summed E-state index contributed by atoms with van der Waals surface area (Å²) in [5, 5.41) is 9.84. The van der Waals surface area contributed by atoms with Gasteiger partial charge in [-0.05, 0) is 20.8 Å². The third-order valence-corrected chi connectivity index (χ3v) is 3.32. The van der Waals surface area contributed by atoms with Crippen molar-refractivity contribution < 1.29 is 9.53 Å². The van der Waals surface area contributed by atoms with E-state index in [1.165, 1.54) is 7.11 Å². The molecule has 112 valence electrons. The summed E-state index contributed by atoms with van der Waals surface area (Å²) in [6, 6.07) is 1.66. The molecule has 7 heteroatoms. The summed E-state index contributed by atoms with van der Waals surface area (Å²) in [6.45, 7) is 5.90. The van der Waals surface area contributed by atoms with Gasteiger partial charge in [0.2, 0.25) is 11.8 Å². The second-order valence-electron chi connectivity index (χ2n) is 4.80. The molecule has 0 saturated carbocycles. The number of amides is 1. The average Bonchev–Trinajstić information content (AvgIpc) is 2.83. The number of hydrogen-bond donors (Lipinski definition) is 2. The van der Waals surface area contributed by atoms with Crippen molar-refractivity contribution in [2.75, 3.05) is 7.11 Å². The van der Waals surface area contributed by atoms with Gasteiger partial charge in [-0.3, -0.25) is 9.89 Å². The Balaban J connectivity index is 2.01. The van der Waals surface area contributed by atoms with Crippen LogP contribution in [0.4, 0.5) is 0 Å². The Hall–Kier alpha value is -2.44. The van der Waals surface area contributed by atoms with E-state index in [1.807, 2.05) is 20.8 Å². The fourth-order valence-electron chi connectivity index (χ4n) is 2.23. The molecule has 1 amide bonds. The first kappa shape index (κ1) is 15.0. The van der Waals surface area contributed by atoms with Gasteiger partial charge < -0.3 is 10.1 Å². The molecule has 0 bridgehead atoms. The molecule has 0 aliphatic rings. The van der Waals surface area contributed by atoms with E-state index in [-0.39, 0.29) is 18.4 Å². The summed E-state index contributed by atoms with van der Waals surface area (Å²) in [6.07, 6.45) is 1.60. The van der Waals surface area contributed by atoms with Crippen LogP contribution in [0, 0.1) is 13.8 Å². The highest BCUT2D eigenvalue weighted by atomic mass is 16.5.